The standard InChI is InChI=1S/C11H14OS/c12-11-3-1-2-9(7-11)6-10-4-5-13-8-10/h4-5,8-9H,1-3,6-7H2. The summed E-state index contributed by atoms with van der Waals surface area (Å²) in [7, 11) is 0. The average molecular weight is 194 g/mol. The number of carbonyl (C=O) groups excluding carboxylic acids is 1. The molecule has 70 valence electrons. The second-order valence-electron chi connectivity index (χ2n) is 3.84. The number of rotatable bonds is 2. The molecule has 1 fully saturated rings. The molecule has 1 aromatic heterocycles. The fourth-order valence-electron chi connectivity index (χ4n) is 2.03. The molecule has 0 bridgehead atoms. The molecule has 0 aliphatic heterocycles. The summed E-state index contributed by atoms with van der Waals surface area (Å²) in [5, 5.41) is 4.30. The van der Waals surface area contributed by atoms with Crippen molar-refractivity contribution >= 4 is 17.1 Å². The van der Waals surface area contributed by atoms with Crippen LogP contribution in [-0.4, -0.2) is 5.78 Å². The van der Waals surface area contributed by atoms with Gasteiger partial charge < -0.3 is 0 Å². The normalized spacial score (nSPS) is 23.4. The predicted molar refractivity (Wildman–Crippen MR) is 55.0 cm³/mol. The molecule has 0 spiro atoms. The first kappa shape index (κ1) is 8.95. The molecule has 1 aromatic rings. The van der Waals surface area contributed by atoms with Gasteiger partial charge in [0.25, 0.3) is 0 Å². The maximum atomic E-state index is 11.2. The highest BCUT2D eigenvalue weighted by molar-refractivity contribution is 7.07. The molecule has 1 nitrogen and oxygen atoms in total. The lowest BCUT2D eigenvalue weighted by molar-refractivity contribution is -0.121. The van der Waals surface area contributed by atoms with Crippen LogP contribution in [0, 0.1) is 5.92 Å². The van der Waals surface area contributed by atoms with E-state index < -0.39 is 0 Å². The van der Waals surface area contributed by atoms with Gasteiger partial charge in [-0.25, -0.2) is 0 Å². The van der Waals surface area contributed by atoms with E-state index in [0.29, 0.717) is 11.7 Å². The SMILES string of the molecule is O=C1CCCC(Cc2ccsc2)C1. The van der Waals surface area contributed by atoms with Gasteiger partial charge in [0.2, 0.25) is 0 Å². The summed E-state index contributed by atoms with van der Waals surface area (Å²) in [4.78, 5) is 11.2. The molecule has 1 aliphatic carbocycles. The largest absolute Gasteiger partial charge is 0.300 e. The number of Topliss-reactive ketones (excluding diaryl/α,β-unsaturated/α-hetero) is 1. The molecule has 1 heterocycles. The maximum Gasteiger partial charge on any atom is 0.133 e. The fraction of sp³-hybridized carbons (Fsp3) is 0.545. The van der Waals surface area contributed by atoms with Gasteiger partial charge in [-0.15, -0.1) is 0 Å². The molecule has 1 saturated carbocycles. The molecule has 0 radical (unpaired) electrons. The maximum absolute atomic E-state index is 11.2. The lowest BCUT2D eigenvalue weighted by Crippen LogP contribution is -2.16. The predicted octanol–water partition coefficient (Wildman–Crippen LogP) is 3.05. The quantitative estimate of drug-likeness (QED) is 0.707. The minimum Gasteiger partial charge on any atom is -0.300 e. The van der Waals surface area contributed by atoms with E-state index in [0.717, 1.165) is 25.7 Å². The van der Waals surface area contributed by atoms with E-state index in [4.69, 9.17) is 0 Å². The number of hydrogen-bond acceptors (Lipinski definition) is 2. The Labute approximate surface area is 82.8 Å². The van der Waals surface area contributed by atoms with Crippen molar-refractivity contribution in [1.82, 2.24) is 0 Å². The summed E-state index contributed by atoms with van der Waals surface area (Å²) in [5.41, 5.74) is 1.41. The molecule has 0 saturated heterocycles. The molecular formula is C11H14OS. The zero-order valence-corrected chi connectivity index (χ0v) is 8.48. The first-order valence-electron chi connectivity index (χ1n) is 4.87. The minimum atomic E-state index is 0.464. The van der Waals surface area contributed by atoms with E-state index in [1.54, 1.807) is 11.3 Å². The van der Waals surface area contributed by atoms with Crippen molar-refractivity contribution in [2.75, 3.05) is 0 Å². The smallest absolute Gasteiger partial charge is 0.133 e. The Morgan fingerprint density at radius 1 is 1.54 bits per heavy atom. The molecule has 1 atom stereocenters. The van der Waals surface area contributed by atoms with Crippen LogP contribution in [0.3, 0.4) is 0 Å². The molecule has 0 amide bonds. The number of carbonyl (C=O) groups is 1. The Morgan fingerprint density at radius 3 is 3.15 bits per heavy atom. The van der Waals surface area contributed by atoms with E-state index in [1.807, 2.05) is 0 Å². The van der Waals surface area contributed by atoms with Crippen molar-refractivity contribution in [2.45, 2.75) is 32.1 Å². The summed E-state index contributed by atoms with van der Waals surface area (Å²) in [6.07, 6.45) is 5.08. The second-order valence-corrected chi connectivity index (χ2v) is 4.62. The summed E-state index contributed by atoms with van der Waals surface area (Å²) < 4.78 is 0. The highest BCUT2D eigenvalue weighted by Gasteiger charge is 2.19. The highest BCUT2D eigenvalue weighted by atomic mass is 32.1. The summed E-state index contributed by atoms with van der Waals surface area (Å²) in [6.45, 7) is 0. The van der Waals surface area contributed by atoms with Gasteiger partial charge in [-0.2, -0.15) is 11.3 Å². The lowest BCUT2D eigenvalue weighted by atomic mass is 9.85. The van der Waals surface area contributed by atoms with Gasteiger partial charge in [-0.05, 0) is 47.6 Å². The molecule has 13 heavy (non-hydrogen) atoms. The van der Waals surface area contributed by atoms with Crippen LogP contribution in [0.15, 0.2) is 16.8 Å². The van der Waals surface area contributed by atoms with E-state index >= 15 is 0 Å². The van der Waals surface area contributed by atoms with Crippen molar-refractivity contribution in [2.24, 2.45) is 5.92 Å². The van der Waals surface area contributed by atoms with Crippen LogP contribution in [0.25, 0.3) is 0 Å². The van der Waals surface area contributed by atoms with Gasteiger partial charge in [0.1, 0.15) is 5.78 Å². The molecule has 1 aliphatic rings. The van der Waals surface area contributed by atoms with Crippen LogP contribution in [0.2, 0.25) is 0 Å². The van der Waals surface area contributed by atoms with Crippen LogP contribution in [0.1, 0.15) is 31.2 Å². The second kappa shape index (κ2) is 4.05. The molecule has 0 N–H and O–H groups in total. The van der Waals surface area contributed by atoms with E-state index in [2.05, 4.69) is 16.8 Å². The number of ketones is 1. The van der Waals surface area contributed by atoms with E-state index in [1.165, 1.54) is 12.0 Å². The number of thiophene rings is 1. The van der Waals surface area contributed by atoms with Gasteiger partial charge in [0.05, 0.1) is 0 Å². The van der Waals surface area contributed by atoms with E-state index in [-0.39, 0.29) is 0 Å². The van der Waals surface area contributed by atoms with Crippen molar-refractivity contribution < 1.29 is 4.79 Å². The Morgan fingerprint density at radius 2 is 2.46 bits per heavy atom. The zero-order valence-electron chi connectivity index (χ0n) is 7.66. The Bertz CT molecular complexity index is 276. The van der Waals surface area contributed by atoms with Gasteiger partial charge in [0, 0.05) is 12.8 Å². The highest BCUT2D eigenvalue weighted by Crippen LogP contribution is 2.25. The van der Waals surface area contributed by atoms with Crippen molar-refractivity contribution in [3.63, 3.8) is 0 Å². The fourth-order valence-corrected chi connectivity index (χ4v) is 2.71. The topological polar surface area (TPSA) is 17.1 Å². The van der Waals surface area contributed by atoms with Gasteiger partial charge in [0.15, 0.2) is 0 Å². The zero-order chi connectivity index (χ0) is 9.10. The van der Waals surface area contributed by atoms with Gasteiger partial charge >= 0.3 is 0 Å². The average Bonchev–Trinajstić information content (AvgIpc) is 2.57. The molecule has 2 heteroatoms. The first-order valence-corrected chi connectivity index (χ1v) is 5.81. The third-order valence-corrected chi connectivity index (χ3v) is 3.42. The molecule has 2 rings (SSSR count). The van der Waals surface area contributed by atoms with Crippen molar-refractivity contribution in [3.8, 4) is 0 Å². The third kappa shape index (κ3) is 2.41. The van der Waals surface area contributed by atoms with Gasteiger partial charge in [-0.3, -0.25) is 4.79 Å². The minimum absolute atomic E-state index is 0.464. The lowest BCUT2D eigenvalue weighted by Gasteiger charge is -2.19. The third-order valence-electron chi connectivity index (χ3n) is 2.69. The Kier molecular flexibility index (Phi) is 2.79. The van der Waals surface area contributed by atoms with Crippen LogP contribution in [0.4, 0.5) is 0 Å². The van der Waals surface area contributed by atoms with E-state index in [9.17, 15) is 4.79 Å². The van der Waals surface area contributed by atoms with Crippen LogP contribution < -0.4 is 0 Å². The van der Waals surface area contributed by atoms with Crippen molar-refractivity contribution in [3.05, 3.63) is 22.4 Å². The van der Waals surface area contributed by atoms with Gasteiger partial charge in [-0.1, -0.05) is 0 Å². The first-order chi connectivity index (χ1) is 6.34. The Balaban J connectivity index is 1.91. The molecule has 1 unspecified atom stereocenters. The Hall–Kier alpha value is -0.630. The monoisotopic (exact) mass is 194 g/mol. The molecular weight excluding hydrogens is 180 g/mol. The van der Waals surface area contributed by atoms with Crippen LogP contribution >= 0.6 is 11.3 Å². The van der Waals surface area contributed by atoms with Crippen LogP contribution in [-0.2, 0) is 11.2 Å². The van der Waals surface area contributed by atoms with Crippen LogP contribution in [0.5, 0.6) is 0 Å². The summed E-state index contributed by atoms with van der Waals surface area (Å²) in [5.74, 6) is 1.09. The van der Waals surface area contributed by atoms with Crippen molar-refractivity contribution in [1.29, 1.82) is 0 Å². The molecule has 0 aromatic carbocycles. The summed E-state index contributed by atoms with van der Waals surface area (Å²) >= 11 is 1.74. The number of hydrogen-bond donors (Lipinski definition) is 0. The summed E-state index contributed by atoms with van der Waals surface area (Å²) in [6, 6.07) is 2.17.